The molecule has 0 aromatic rings. The zero-order chi connectivity index (χ0) is 11.6. The fourth-order valence-electron chi connectivity index (χ4n) is 3.41. The predicted molar refractivity (Wildman–Crippen MR) is 66.5 cm³/mol. The Morgan fingerprint density at radius 2 is 1.88 bits per heavy atom. The maximum Gasteiger partial charge on any atom is 0.0607 e. The maximum atomic E-state index is 6.00. The topological polar surface area (TPSA) is 38.5 Å². The van der Waals surface area contributed by atoms with Crippen LogP contribution in [0.2, 0.25) is 0 Å². The van der Waals surface area contributed by atoms with Crippen molar-refractivity contribution in [2.45, 2.75) is 62.6 Å². The van der Waals surface area contributed by atoms with Crippen molar-refractivity contribution in [3.05, 3.63) is 0 Å². The van der Waals surface area contributed by atoms with Crippen LogP contribution in [-0.4, -0.2) is 43.3 Å². The summed E-state index contributed by atoms with van der Waals surface area (Å²) in [7, 11) is 4.08. The van der Waals surface area contributed by atoms with Crippen molar-refractivity contribution in [3.8, 4) is 0 Å². The van der Waals surface area contributed by atoms with Crippen molar-refractivity contribution in [1.82, 2.24) is 4.90 Å². The highest BCUT2D eigenvalue weighted by Crippen LogP contribution is 2.41. The van der Waals surface area contributed by atoms with Gasteiger partial charge in [0.1, 0.15) is 0 Å². The van der Waals surface area contributed by atoms with E-state index in [1.165, 1.54) is 32.1 Å². The molecule has 2 fully saturated rings. The van der Waals surface area contributed by atoms with Crippen LogP contribution in [0.25, 0.3) is 0 Å². The van der Waals surface area contributed by atoms with Gasteiger partial charge in [0.2, 0.25) is 0 Å². The first-order valence-corrected chi connectivity index (χ1v) is 6.67. The van der Waals surface area contributed by atoms with Gasteiger partial charge in [-0.05, 0) is 32.7 Å². The van der Waals surface area contributed by atoms with Crippen LogP contribution in [-0.2, 0) is 4.74 Å². The first-order chi connectivity index (χ1) is 7.72. The molecule has 0 aromatic carbocycles. The monoisotopic (exact) mass is 226 g/mol. The predicted octanol–water partition coefficient (Wildman–Crippen LogP) is 1.76. The van der Waals surface area contributed by atoms with Crippen LogP contribution in [0.1, 0.15) is 44.9 Å². The summed E-state index contributed by atoms with van der Waals surface area (Å²) >= 11 is 0. The summed E-state index contributed by atoms with van der Waals surface area (Å²) in [6.45, 7) is 0.778. The Bertz CT molecular complexity index is 220. The van der Waals surface area contributed by atoms with Crippen molar-refractivity contribution >= 4 is 0 Å². The molecule has 0 radical (unpaired) electrons. The summed E-state index contributed by atoms with van der Waals surface area (Å²) in [5.74, 6) is 0. The summed E-state index contributed by atoms with van der Waals surface area (Å²) in [5, 5.41) is 0. The number of likely N-dealkylation sites (N-methyl/N-ethyl adjacent to an activating group) is 1. The molecule has 2 aliphatic carbocycles. The number of nitrogens with two attached hydrogens (primary N) is 1. The van der Waals surface area contributed by atoms with Gasteiger partial charge in [0.05, 0.1) is 6.10 Å². The second-order valence-electron chi connectivity index (χ2n) is 5.60. The molecule has 2 N–H and O–H groups in total. The van der Waals surface area contributed by atoms with E-state index in [0.717, 1.165) is 25.4 Å². The summed E-state index contributed by atoms with van der Waals surface area (Å²) < 4.78 is 5.40. The summed E-state index contributed by atoms with van der Waals surface area (Å²) in [6, 6.07) is 0.759. The van der Waals surface area contributed by atoms with Crippen molar-refractivity contribution in [2.24, 2.45) is 5.73 Å². The Hall–Kier alpha value is -0.120. The quantitative estimate of drug-likeness (QED) is 0.794. The lowest BCUT2D eigenvalue weighted by Gasteiger charge is -2.55. The molecule has 0 atom stereocenters. The normalized spacial score (nSPS) is 36.4. The fraction of sp³-hybridized carbons (Fsp3) is 1.00. The van der Waals surface area contributed by atoms with Crippen LogP contribution in [0, 0.1) is 0 Å². The first-order valence-electron chi connectivity index (χ1n) is 6.67. The molecule has 94 valence electrons. The average molecular weight is 226 g/mol. The summed E-state index contributed by atoms with van der Waals surface area (Å²) in [4.78, 5) is 2.57. The minimum Gasteiger partial charge on any atom is -0.381 e. The molecule has 0 aromatic heterocycles. The highest BCUT2D eigenvalue weighted by Gasteiger charge is 2.48. The number of hydrogen-bond donors (Lipinski definition) is 1. The second kappa shape index (κ2) is 5.03. The minimum absolute atomic E-state index is 0.239. The number of nitrogens with zero attached hydrogens (tertiary/aromatic N) is 1. The molecule has 0 heterocycles. The van der Waals surface area contributed by atoms with E-state index in [2.05, 4.69) is 11.9 Å². The lowest BCUT2D eigenvalue weighted by atomic mass is 9.71. The molecule has 0 spiro atoms. The third-order valence-electron chi connectivity index (χ3n) is 4.80. The Kier molecular flexibility index (Phi) is 3.88. The van der Waals surface area contributed by atoms with Gasteiger partial charge in [0.25, 0.3) is 0 Å². The molecule has 2 rings (SSSR count). The number of methoxy groups -OCH3 is 1. The SMILES string of the molecule is COC1CC(CN)(N(C)C2CCCCC2)C1. The molecule has 0 unspecified atom stereocenters. The largest absolute Gasteiger partial charge is 0.381 e. The molecular weight excluding hydrogens is 200 g/mol. The van der Waals surface area contributed by atoms with Crippen LogP contribution in [0.3, 0.4) is 0 Å². The lowest BCUT2D eigenvalue weighted by molar-refractivity contribution is -0.0957. The fourth-order valence-corrected chi connectivity index (χ4v) is 3.41. The van der Waals surface area contributed by atoms with E-state index >= 15 is 0 Å². The lowest BCUT2D eigenvalue weighted by Crippen LogP contribution is -2.65. The summed E-state index contributed by atoms with van der Waals surface area (Å²) in [6.07, 6.45) is 9.59. The molecule has 3 heteroatoms. The van der Waals surface area contributed by atoms with Crippen molar-refractivity contribution in [2.75, 3.05) is 20.7 Å². The minimum atomic E-state index is 0.239. The molecule has 2 aliphatic rings. The van der Waals surface area contributed by atoms with Gasteiger partial charge in [-0.3, -0.25) is 4.90 Å². The third kappa shape index (κ3) is 2.13. The Balaban J connectivity index is 1.93. The molecule has 16 heavy (non-hydrogen) atoms. The molecule has 0 amide bonds. The van der Waals surface area contributed by atoms with Crippen molar-refractivity contribution < 1.29 is 4.74 Å². The van der Waals surface area contributed by atoms with Crippen molar-refractivity contribution in [3.63, 3.8) is 0 Å². The number of hydrogen-bond acceptors (Lipinski definition) is 3. The van der Waals surface area contributed by atoms with E-state index in [0.29, 0.717) is 6.10 Å². The van der Waals surface area contributed by atoms with E-state index in [9.17, 15) is 0 Å². The van der Waals surface area contributed by atoms with Crippen LogP contribution in [0.4, 0.5) is 0 Å². The molecule has 0 saturated heterocycles. The standard InChI is InChI=1S/C13H26N2O/c1-15(11-6-4-3-5-7-11)13(10-14)8-12(9-13)16-2/h11-12H,3-10,14H2,1-2H3. The average Bonchev–Trinajstić information content (AvgIpc) is 2.30. The molecule has 2 saturated carbocycles. The van der Waals surface area contributed by atoms with E-state index in [-0.39, 0.29) is 5.54 Å². The summed E-state index contributed by atoms with van der Waals surface area (Å²) in [5.41, 5.74) is 6.23. The van der Waals surface area contributed by atoms with Gasteiger partial charge in [0, 0.05) is 25.2 Å². The first kappa shape index (κ1) is 12.3. The van der Waals surface area contributed by atoms with E-state index in [4.69, 9.17) is 10.5 Å². The van der Waals surface area contributed by atoms with E-state index < -0.39 is 0 Å². The van der Waals surface area contributed by atoms with Gasteiger partial charge in [-0.2, -0.15) is 0 Å². The van der Waals surface area contributed by atoms with Crippen molar-refractivity contribution in [1.29, 1.82) is 0 Å². The highest BCUT2D eigenvalue weighted by molar-refractivity contribution is 5.05. The van der Waals surface area contributed by atoms with Gasteiger partial charge in [-0.25, -0.2) is 0 Å². The Labute approximate surface area is 99.3 Å². The van der Waals surface area contributed by atoms with E-state index in [1.807, 2.05) is 7.11 Å². The molecule has 0 aliphatic heterocycles. The van der Waals surface area contributed by atoms with Gasteiger partial charge in [0.15, 0.2) is 0 Å². The second-order valence-corrected chi connectivity index (χ2v) is 5.60. The molecule has 0 bridgehead atoms. The van der Waals surface area contributed by atoms with Crippen LogP contribution < -0.4 is 5.73 Å². The Morgan fingerprint density at radius 3 is 2.38 bits per heavy atom. The zero-order valence-corrected chi connectivity index (χ0v) is 10.7. The van der Waals surface area contributed by atoms with Crippen LogP contribution >= 0.6 is 0 Å². The smallest absolute Gasteiger partial charge is 0.0607 e. The van der Waals surface area contributed by atoms with Crippen LogP contribution in [0.5, 0.6) is 0 Å². The molecule has 3 nitrogen and oxygen atoms in total. The number of ether oxygens (including phenoxy) is 1. The van der Waals surface area contributed by atoms with Gasteiger partial charge in [-0.15, -0.1) is 0 Å². The van der Waals surface area contributed by atoms with E-state index in [1.54, 1.807) is 0 Å². The zero-order valence-electron chi connectivity index (χ0n) is 10.7. The molecular formula is C13H26N2O. The van der Waals surface area contributed by atoms with Crippen LogP contribution in [0.15, 0.2) is 0 Å². The van der Waals surface area contributed by atoms with Gasteiger partial charge >= 0.3 is 0 Å². The van der Waals surface area contributed by atoms with Gasteiger partial charge < -0.3 is 10.5 Å². The maximum absolute atomic E-state index is 6.00. The third-order valence-corrected chi connectivity index (χ3v) is 4.80. The Morgan fingerprint density at radius 1 is 1.25 bits per heavy atom. The highest BCUT2D eigenvalue weighted by atomic mass is 16.5. The van der Waals surface area contributed by atoms with Gasteiger partial charge in [-0.1, -0.05) is 19.3 Å². The number of rotatable bonds is 4.